The fourth-order valence-electron chi connectivity index (χ4n) is 4.71. The van der Waals surface area contributed by atoms with Crippen LogP contribution in [0.4, 0.5) is 0 Å². The topological polar surface area (TPSA) is 59.8 Å². The molecule has 2 fully saturated rings. The first kappa shape index (κ1) is 18.0. The monoisotopic (exact) mass is 390 g/mol. The molecule has 0 saturated heterocycles. The second kappa shape index (κ2) is 7.72. The molecule has 1 N–H and O–H groups in total. The number of carbonyl (C=O) groups excluding carboxylic acids is 1. The van der Waals surface area contributed by atoms with E-state index in [0.29, 0.717) is 11.7 Å². The van der Waals surface area contributed by atoms with Gasteiger partial charge in [0.15, 0.2) is 11.0 Å². The van der Waals surface area contributed by atoms with E-state index in [-0.39, 0.29) is 11.9 Å². The summed E-state index contributed by atoms with van der Waals surface area (Å²) in [4.78, 5) is 13.5. The molecule has 2 saturated carbocycles. The van der Waals surface area contributed by atoms with Gasteiger partial charge < -0.3 is 9.88 Å². The number of thiophene rings is 1. The maximum absolute atomic E-state index is 12.4. The van der Waals surface area contributed by atoms with E-state index in [1.165, 1.54) is 37.4 Å². The van der Waals surface area contributed by atoms with Crippen LogP contribution in [-0.4, -0.2) is 32.5 Å². The molecule has 4 atom stereocenters. The van der Waals surface area contributed by atoms with Gasteiger partial charge in [-0.25, -0.2) is 0 Å². The quantitative estimate of drug-likeness (QED) is 0.724. The van der Waals surface area contributed by atoms with Crippen LogP contribution in [0, 0.1) is 17.8 Å². The highest BCUT2D eigenvalue weighted by Crippen LogP contribution is 2.49. The minimum atomic E-state index is 0.105. The highest BCUT2D eigenvalue weighted by Gasteiger charge is 2.42. The maximum atomic E-state index is 12.4. The second-order valence-electron chi connectivity index (χ2n) is 7.51. The standard InChI is InChI=1S/C19H26N4OS2/c1-3-23-18(16-5-4-8-25-16)21-22-19(23)26-11-17(24)20-12(2)15-10-13-6-7-14(15)9-13/h4-5,8,12-15H,3,6-7,9-11H2,1-2H3,(H,20,24). The van der Waals surface area contributed by atoms with Crippen molar-refractivity contribution in [1.29, 1.82) is 0 Å². The van der Waals surface area contributed by atoms with Crippen LogP contribution in [0.5, 0.6) is 0 Å². The Kier molecular flexibility index (Phi) is 5.36. The number of fused-ring (bicyclic) bond motifs is 2. The zero-order chi connectivity index (χ0) is 18.1. The van der Waals surface area contributed by atoms with Crippen LogP contribution in [0.1, 0.15) is 39.5 Å². The van der Waals surface area contributed by atoms with E-state index in [2.05, 4.69) is 40.0 Å². The number of carbonyl (C=O) groups is 1. The Balaban J connectivity index is 1.33. The van der Waals surface area contributed by atoms with Crippen molar-refractivity contribution in [3.05, 3.63) is 17.5 Å². The molecular weight excluding hydrogens is 364 g/mol. The second-order valence-corrected chi connectivity index (χ2v) is 9.40. The zero-order valence-corrected chi connectivity index (χ0v) is 17.0. The van der Waals surface area contributed by atoms with Crippen LogP contribution in [0.25, 0.3) is 10.7 Å². The van der Waals surface area contributed by atoms with Gasteiger partial charge in [-0.2, -0.15) is 0 Å². The predicted molar refractivity (Wildman–Crippen MR) is 106 cm³/mol. The number of rotatable bonds is 7. The van der Waals surface area contributed by atoms with Crippen molar-refractivity contribution in [2.75, 3.05) is 5.75 Å². The first-order chi connectivity index (χ1) is 12.7. The summed E-state index contributed by atoms with van der Waals surface area (Å²) in [6, 6.07) is 4.36. The van der Waals surface area contributed by atoms with Crippen molar-refractivity contribution in [1.82, 2.24) is 20.1 Å². The van der Waals surface area contributed by atoms with Gasteiger partial charge in [-0.15, -0.1) is 21.5 Å². The van der Waals surface area contributed by atoms with Crippen LogP contribution >= 0.6 is 23.1 Å². The van der Waals surface area contributed by atoms with Crippen LogP contribution < -0.4 is 5.32 Å². The van der Waals surface area contributed by atoms with E-state index in [1.807, 2.05) is 11.4 Å². The number of thioether (sulfide) groups is 1. The number of hydrogen-bond acceptors (Lipinski definition) is 5. The summed E-state index contributed by atoms with van der Waals surface area (Å²) in [6.07, 6.45) is 5.44. The lowest BCUT2D eigenvalue weighted by molar-refractivity contribution is -0.119. The minimum absolute atomic E-state index is 0.105. The number of amides is 1. The Bertz CT molecular complexity index is 758. The van der Waals surface area contributed by atoms with Crippen molar-refractivity contribution in [3.63, 3.8) is 0 Å². The summed E-state index contributed by atoms with van der Waals surface area (Å²) < 4.78 is 2.09. The first-order valence-electron chi connectivity index (χ1n) is 9.55. The third-order valence-electron chi connectivity index (χ3n) is 5.93. The average Bonchev–Trinajstić information content (AvgIpc) is 3.43. The van der Waals surface area contributed by atoms with Crippen molar-refractivity contribution in [2.24, 2.45) is 17.8 Å². The lowest BCUT2D eigenvalue weighted by atomic mass is 9.84. The number of nitrogens with one attached hydrogen (secondary N) is 1. The lowest BCUT2D eigenvalue weighted by Gasteiger charge is -2.28. The predicted octanol–water partition coefficient (Wildman–Crippen LogP) is 4.06. The molecule has 140 valence electrons. The summed E-state index contributed by atoms with van der Waals surface area (Å²) in [5, 5.41) is 14.7. The highest BCUT2D eigenvalue weighted by molar-refractivity contribution is 7.99. The minimum Gasteiger partial charge on any atom is -0.353 e. The van der Waals surface area contributed by atoms with E-state index in [0.717, 1.165) is 34.2 Å². The molecule has 5 nitrogen and oxygen atoms in total. The van der Waals surface area contributed by atoms with Gasteiger partial charge in [-0.05, 0) is 62.3 Å². The van der Waals surface area contributed by atoms with Gasteiger partial charge in [-0.3, -0.25) is 4.79 Å². The first-order valence-corrected chi connectivity index (χ1v) is 11.4. The van der Waals surface area contributed by atoms with Gasteiger partial charge >= 0.3 is 0 Å². The molecule has 7 heteroatoms. The molecule has 4 unspecified atom stereocenters. The van der Waals surface area contributed by atoms with E-state index in [9.17, 15) is 4.79 Å². The van der Waals surface area contributed by atoms with E-state index in [4.69, 9.17) is 0 Å². The Labute approximate surface area is 163 Å². The summed E-state index contributed by atoms with van der Waals surface area (Å²) in [7, 11) is 0. The number of nitrogens with zero attached hydrogens (tertiary/aromatic N) is 3. The summed E-state index contributed by atoms with van der Waals surface area (Å²) in [5.74, 6) is 3.81. The molecule has 0 aromatic carbocycles. The van der Waals surface area contributed by atoms with Crippen molar-refractivity contribution >= 4 is 29.0 Å². The molecule has 0 radical (unpaired) electrons. The van der Waals surface area contributed by atoms with Gasteiger partial charge in [0, 0.05) is 12.6 Å². The Hall–Kier alpha value is -1.34. The Morgan fingerprint density at radius 1 is 1.42 bits per heavy atom. The summed E-state index contributed by atoms with van der Waals surface area (Å²) in [5.41, 5.74) is 0. The highest BCUT2D eigenvalue weighted by atomic mass is 32.2. The molecule has 0 aliphatic heterocycles. The molecule has 2 aromatic rings. The van der Waals surface area contributed by atoms with Crippen LogP contribution in [-0.2, 0) is 11.3 Å². The Morgan fingerprint density at radius 2 is 2.31 bits per heavy atom. The molecule has 0 spiro atoms. The average molecular weight is 391 g/mol. The fraction of sp³-hybridized carbons (Fsp3) is 0.632. The Morgan fingerprint density at radius 3 is 2.96 bits per heavy atom. The molecule has 1 amide bonds. The van der Waals surface area contributed by atoms with Crippen molar-refractivity contribution < 1.29 is 4.79 Å². The molecule has 2 heterocycles. The van der Waals surface area contributed by atoms with Gasteiger partial charge in [0.05, 0.1) is 10.6 Å². The van der Waals surface area contributed by atoms with Gasteiger partial charge in [0.1, 0.15) is 0 Å². The molecule has 2 aliphatic rings. The van der Waals surface area contributed by atoms with Crippen LogP contribution in [0.2, 0.25) is 0 Å². The molecule has 2 bridgehead atoms. The fourth-order valence-corrected chi connectivity index (χ4v) is 6.24. The number of hydrogen-bond donors (Lipinski definition) is 1. The van der Waals surface area contributed by atoms with Gasteiger partial charge in [0.2, 0.25) is 5.91 Å². The van der Waals surface area contributed by atoms with Crippen molar-refractivity contribution in [3.8, 4) is 10.7 Å². The molecule has 4 rings (SSSR count). The smallest absolute Gasteiger partial charge is 0.230 e. The van der Waals surface area contributed by atoms with Gasteiger partial charge in [-0.1, -0.05) is 24.2 Å². The third-order valence-corrected chi connectivity index (χ3v) is 7.76. The van der Waals surface area contributed by atoms with E-state index >= 15 is 0 Å². The lowest BCUT2D eigenvalue weighted by Crippen LogP contribution is -2.40. The van der Waals surface area contributed by atoms with Crippen LogP contribution in [0.15, 0.2) is 22.7 Å². The maximum Gasteiger partial charge on any atom is 0.230 e. The number of aromatic nitrogens is 3. The normalized spacial score (nSPS) is 25.5. The third kappa shape index (κ3) is 3.56. The molecule has 2 aromatic heterocycles. The van der Waals surface area contributed by atoms with E-state index < -0.39 is 0 Å². The molecular formula is C19H26N4OS2. The summed E-state index contributed by atoms with van der Waals surface area (Å²) >= 11 is 3.14. The molecule has 26 heavy (non-hydrogen) atoms. The molecule has 2 aliphatic carbocycles. The summed E-state index contributed by atoms with van der Waals surface area (Å²) in [6.45, 7) is 5.06. The van der Waals surface area contributed by atoms with Crippen LogP contribution in [0.3, 0.4) is 0 Å². The zero-order valence-electron chi connectivity index (χ0n) is 15.4. The van der Waals surface area contributed by atoms with E-state index in [1.54, 1.807) is 11.3 Å². The van der Waals surface area contributed by atoms with Gasteiger partial charge in [0.25, 0.3) is 0 Å². The van der Waals surface area contributed by atoms with Crippen molar-refractivity contribution in [2.45, 2.75) is 57.3 Å². The largest absolute Gasteiger partial charge is 0.353 e. The SMILES string of the molecule is CCn1c(SCC(=O)NC(C)C2CC3CCC2C3)nnc1-c1cccs1.